The van der Waals surface area contributed by atoms with Crippen LogP contribution in [-0.2, 0) is 35.7 Å². The quantitative estimate of drug-likeness (QED) is 0.385. The van der Waals surface area contributed by atoms with E-state index in [1.54, 1.807) is 42.5 Å². The summed E-state index contributed by atoms with van der Waals surface area (Å²) in [7, 11) is 2.00. The molecular formula is C32H36N2O8. The zero-order valence-electron chi connectivity index (χ0n) is 23.8. The highest BCUT2D eigenvalue weighted by molar-refractivity contribution is 5.82. The molecule has 5 atom stereocenters. The van der Waals surface area contributed by atoms with Gasteiger partial charge in [0, 0.05) is 36.6 Å². The van der Waals surface area contributed by atoms with Gasteiger partial charge in [-0.15, -0.1) is 0 Å². The lowest BCUT2D eigenvalue weighted by Gasteiger charge is -2.61. The Morgan fingerprint density at radius 2 is 1.95 bits per heavy atom. The molecule has 10 heteroatoms. The summed E-state index contributed by atoms with van der Waals surface area (Å²) in [6, 6.07) is 11.9. The van der Waals surface area contributed by atoms with E-state index in [1.807, 2.05) is 20.0 Å². The van der Waals surface area contributed by atoms with Gasteiger partial charge in [-0.25, -0.2) is 4.79 Å². The standard InChI is InChI=1S/C32H36N2O8/c1-3-7-24(36)33-16-13-25(37)41-27(19-8-5-4-6-9-19)30(38)40-22-12-14-32(39)23-18-20-10-11-21(35)28-26(20)31(32,29(22)42-28)15-17-34(23)2/h4-6,8-12,23,27,29,35,39H,3,7,13-18H2,1-2H3,(H,33,36)/t23-,27-,29?,31?,32-/m1/s1. The van der Waals surface area contributed by atoms with Crippen molar-refractivity contribution in [2.45, 2.75) is 74.7 Å². The number of hydrogen-bond acceptors (Lipinski definition) is 9. The molecule has 2 aliphatic carbocycles. The summed E-state index contributed by atoms with van der Waals surface area (Å²) in [6.07, 6.45) is 1.82. The average Bonchev–Trinajstić information content (AvgIpc) is 3.33. The number of aliphatic hydroxyl groups is 1. The predicted octanol–water partition coefficient (Wildman–Crippen LogP) is 2.80. The van der Waals surface area contributed by atoms with Crippen LogP contribution in [0.2, 0.25) is 0 Å². The molecule has 1 spiro atoms. The number of likely N-dealkylation sites (tertiary alicyclic amines) is 1. The second-order valence-corrected chi connectivity index (χ2v) is 11.7. The van der Waals surface area contributed by atoms with Crippen molar-refractivity contribution in [3.05, 3.63) is 71.0 Å². The zero-order chi connectivity index (χ0) is 29.6. The van der Waals surface area contributed by atoms with Crippen molar-refractivity contribution in [1.29, 1.82) is 0 Å². The van der Waals surface area contributed by atoms with Crippen molar-refractivity contribution >= 4 is 17.8 Å². The third kappa shape index (κ3) is 4.35. The molecule has 0 saturated carbocycles. The van der Waals surface area contributed by atoms with Crippen LogP contribution in [0.4, 0.5) is 0 Å². The lowest BCUT2D eigenvalue weighted by molar-refractivity contribution is -0.176. The van der Waals surface area contributed by atoms with Crippen LogP contribution < -0.4 is 10.1 Å². The number of piperidine rings is 1. The maximum atomic E-state index is 13.7. The molecule has 2 unspecified atom stereocenters. The molecule has 2 heterocycles. The Labute approximate surface area is 244 Å². The van der Waals surface area contributed by atoms with Gasteiger partial charge in [0.15, 0.2) is 17.6 Å². The SMILES string of the molecule is CCCC(=O)NCCC(=O)O[C@@H](C(=O)OC1=CC[C@@]2(O)[C@H]3Cc4ccc(O)c5c4C2(CCN3C)C1O5)c1ccccc1. The summed E-state index contributed by atoms with van der Waals surface area (Å²) < 4.78 is 18.0. The van der Waals surface area contributed by atoms with Crippen LogP contribution in [0.25, 0.3) is 0 Å². The number of phenolic OH excluding ortho intramolecular Hbond substituents is 1. The number of nitrogens with one attached hydrogen (secondary N) is 1. The largest absolute Gasteiger partial charge is 0.504 e. The first-order valence-corrected chi connectivity index (χ1v) is 14.6. The number of nitrogens with zero attached hydrogens (tertiary/aromatic N) is 1. The minimum atomic E-state index is -1.35. The first-order valence-electron chi connectivity index (χ1n) is 14.6. The summed E-state index contributed by atoms with van der Waals surface area (Å²) in [5.74, 6) is -1.10. The van der Waals surface area contributed by atoms with Gasteiger partial charge in [-0.2, -0.15) is 0 Å². The van der Waals surface area contributed by atoms with E-state index in [0.717, 1.165) is 11.1 Å². The minimum Gasteiger partial charge on any atom is -0.504 e. The first kappa shape index (κ1) is 28.2. The average molecular weight is 577 g/mol. The van der Waals surface area contributed by atoms with Crippen LogP contribution in [0, 0.1) is 0 Å². The summed E-state index contributed by atoms with van der Waals surface area (Å²) in [6.45, 7) is 2.68. The monoisotopic (exact) mass is 576 g/mol. The Morgan fingerprint density at radius 1 is 1.17 bits per heavy atom. The van der Waals surface area contributed by atoms with Crippen LogP contribution in [0.3, 0.4) is 0 Å². The van der Waals surface area contributed by atoms with Gasteiger partial charge in [-0.05, 0) is 50.6 Å². The molecule has 4 aliphatic rings. The molecule has 0 radical (unpaired) electrons. The van der Waals surface area contributed by atoms with Gasteiger partial charge in [0.25, 0.3) is 0 Å². The summed E-state index contributed by atoms with van der Waals surface area (Å²) in [4.78, 5) is 40.4. The fourth-order valence-electron chi connectivity index (χ4n) is 7.30. The van der Waals surface area contributed by atoms with E-state index >= 15 is 0 Å². The first-order chi connectivity index (χ1) is 20.2. The van der Waals surface area contributed by atoms with Gasteiger partial charge >= 0.3 is 11.9 Å². The van der Waals surface area contributed by atoms with Crippen LogP contribution in [0.15, 0.2) is 54.3 Å². The van der Waals surface area contributed by atoms with E-state index in [-0.39, 0.29) is 42.8 Å². The summed E-state index contributed by atoms with van der Waals surface area (Å²) >= 11 is 0. The highest BCUT2D eigenvalue weighted by Gasteiger charge is 2.72. The second-order valence-electron chi connectivity index (χ2n) is 11.7. The maximum absolute atomic E-state index is 13.7. The van der Waals surface area contributed by atoms with E-state index in [1.165, 1.54) is 0 Å². The zero-order valence-corrected chi connectivity index (χ0v) is 23.8. The third-order valence-electron chi connectivity index (χ3n) is 9.27. The third-order valence-corrected chi connectivity index (χ3v) is 9.27. The number of hydrogen-bond donors (Lipinski definition) is 3. The van der Waals surface area contributed by atoms with Gasteiger partial charge in [-0.3, -0.25) is 9.59 Å². The van der Waals surface area contributed by atoms with Crippen LogP contribution >= 0.6 is 0 Å². The Morgan fingerprint density at radius 3 is 2.71 bits per heavy atom. The van der Waals surface area contributed by atoms with Gasteiger partial charge in [0.2, 0.25) is 12.0 Å². The molecule has 1 amide bonds. The number of rotatable bonds is 9. The fraction of sp³-hybridized carbons (Fsp3) is 0.469. The van der Waals surface area contributed by atoms with Gasteiger partial charge in [-0.1, -0.05) is 43.3 Å². The van der Waals surface area contributed by atoms with Crippen molar-refractivity contribution in [3.8, 4) is 11.5 Å². The van der Waals surface area contributed by atoms with Gasteiger partial charge < -0.3 is 34.6 Å². The van der Waals surface area contributed by atoms with Crippen molar-refractivity contribution in [3.63, 3.8) is 0 Å². The van der Waals surface area contributed by atoms with Crippen LogP contribution in [0.1, 0.15) is 61.8 Å². The Balaban J connectivity index is 1.27. The Bertz CT molecular complexity index is 1440. The van der Waals surface area contributed by atoms with Gasteiger partial charge in [0.05, 0.1) is 17.4 Å². The number of likely N-dealkylation sites (N-methyl/N-ethyl adjacent to an activating group) is 1. The minimum absolute atomic E-state index is 0.0231. The number of esters is 2. The van der Waals surface area contributed by atoms with Crippen molar-refractivity contribution < 1.29 is 38.8 Å². The molecule has 0 aromatic heterocycles. The molecule has 10 nitrogen and oxygen atoms in total. The van der Waals surface area contributed by atoms with E-state index in [9.17, 15) is 24.6 Å². The fourth-order valence-corrected chi connectivity index (χ4v) is 7.30. The number of amides is 1. The number of phenols is 1. The van der Waals surface area contributed by atoms with Crippen LogP contribution in [-0.4, -0.2) is 70.8 Å². The molecule has 2 aromatic rings. The maximum Gasteiger partial charge on any atom is 0.357 e. The highest BCUT2D eigenvalue weighted by Crippen LogP contribution is 2.65. The number of ether oxygens (including phenoxy) is 3. The normalized spacial score (nSPS) is 27.6. The summed E-state index contributed by atoms with van der Waals surface area (Å²) in [5, 5.41) is 25.7. The van der Waals surface area contributed by atoms with Crippen LogP contribution in [0.5, 0.6) is 11.5 Å². The molecular weight excluding hydrogens is 540 g/mol. The lowest BCUT2D eigenvalue weighted by atomic mass is 9.50. The predicted molar refractivity (Wildman–Crippen MR) is 150 cm³/mol. The lowest BCUT2D eigenvalue weighted by Crippen LogP contribution is -2.74. The number of benzene rings is 2. The molecule has 1 fully saturated rings. The number of aromatic hydroxyl groups is 1. The molecule has 2 aromatic carbocycles. The molecule has 42 heavy (non-hydrogen) atoms. The Hall–Kier alpha value is -3.89. The van der Waals surface area contributed by atoms with Crippen molar-refractivity contribution in [2.75, 3.05) is 20.1 Å². The van der Waals surface area contributed by atoms with Crippen molar-refractivity contribution in [2.24, 2.45) is 0 Å². The number of carbonyl (C=O) groups is 3. The molecule has 6 rings (SSSR count). The molecule has 222 valence electrons. The molecule has 1 saturated heterocycles. The molecule has 3 N–H and O–H groups in total. The Kier molecular flexibility index (Phi) is 7.22. The highest BCUT2D eigenvalue weighted by atomic mass is 16.6. The van der Waals surface area contributed by atoms with E-state index in [2.05, 4.69) is 10.2 Å². The topological polar surface area (TPSA) is 135 Å². The molecule has 2 bridgehead atoms. The number of carbonyl (C=O) groups excluding carboxylic acids is 3. The van der Waals surface area contributed by atoms with E-state index < -0.39 is 35.2 Å². The summed E-state index contributed by atoms with van der Waals surface area (Å²) in [5.41, 5.74) is 0.120. The second kappa shape index (κ2) is 10.7. The van der Waals surface area contributed by atoms with Gasteiger partial charge in [0.1, 0.15) is 5.76 Å². The van der Waals surface area contributed by atoms with Crippen molar-refractivity contribution in [1.82, 2.24) is 10.2 Å². The van der Waals surface area contributed by atoms with E-state index in [0.29, 0.717) is 43.5 Å². The van der Waals surface area contributed by atoms with E-state index in [4.69, 9.17) is 14.2 Å². The molecule has 2 aliphatic heterocycles. The smallest absolute Gasteiger partial charge is 0.357 e.